The summed E-state index contributed by atoms with van der Waals surface area (Å²) in [5, 5.41) is 50.7. The number of carboxylic acids is 1. The molecule has 0 saturated heterocycles. The number of carboxylic acid groups (broad SMARTS) is 1. The van der Waals surface area contributed by atoms with Crippen LogP contribution in [0.2, 0.25) is 0 Å². The first kappa shape index (κ1) is 28.1. The van der Waals surface area contributed by atoms with Crippen molar-refractivity contribution in [2.75, 3.05) is 33.0 Å². The summed E-state index contributed by atoms with van der Waals surface area (Å²) in [7, 11) is 0. The zero-order chi connectivity index (χ0) is 20.0. The SMILES string of the molecule is CC(C)(CO)C(=O)O.CC(C)(CO)CO.CC(O)COC(C)CO. The van der Waals surface area contributed by atoms with Gasteiger partial charge < -0.3 is 35.4 Å². The molecule has 0 aliphatic heterocycles. The Morgan fingerprint density at radius 2 is 1.38 bits per heavy atom. The zero-order valence-corrected chi connectivity index (χ0v) is 15.7. The topological polar surface area (TPSA) is 148 Å². The maximum Gasteiger partial charge on any atom is 0.311 e. The molecule has 8 heteroatoms. The van der Waals surface area contributed by atoms with E-state index in [1.165, 1.54) is 13.8 Å². The average Bonchev–Trinajstić information content (AvgIpc) is 2.53. The van der Waals surface area contributed by atoms with Gasteiger partial charge in [-0.15, -0.1) is 0 Å². The highest BCUT2D eigenvalue weighted by molar-refractivity contribution is 5.73. The normalized spacial score (nSPS) is 13.8. The minimum atomic E-state index is -0.986. The standard InChI is InChI=1S/C6H14O3.C5H10O3.C5H12O2/c1-5(8)4-9-6(2)3-7;1-5(2,3-6)4(7)8;1-5(2,3-6)4-7/h5-8H,3-4H2,1-2H3;6H,3H2,1-2H3,(H,7,8);6-7H,3-4H2,1-2H3. The molecule has 0 heterocycles. The maximum atomic E-state index is 10.1. The first-order valence-corrected chi connectivity index (χ1v) is 7.76. The van der Waals surface area contributed by atoms with E-state index in [9.17, 15) is 4.79 Å². The first-order valence-electron chi connectivity index (χ1n) is 7.76. The second-order valence-electron chi connectivity index (χ2n) is 7.00. The predicted octanol–water partition coefficient (Wildman–Crippen LogP) is -0.149. The van der Waals surface area contributed by atoms with Crippen LogP contribution in [0.25, 0.3) is 0 Å². The lowest BCUT2D eigenvalue weighted by Crippen LogP contribution is -2.27. The van der Waals surface area contributed by atoms with Gasteiger partial charge in [0, 0.05) is 5.41 Å². The van der Waals surface area contributed by atoms with Crippen LogP contribution >= 0.6 is 0 Å². The third-order valence-electron chi connectivity index (χ3n) is 2.71. The van der Waals surface area contributed by atoms with E-state index < -0.39 is 17.5 Å². The molecule has 0 aromatic heterocycles. The van der Waals surface area contributed by atoms with Gasteiger partial charge in [0.2, 0.25) is 0 Å². The fourth-order valence-corrected chi connectivity index (χ4v) is 0.474. The van der Waals surface area contributed by atoms with Crippen molar-refractivity contribution < 1.29 is 40.2 Å². The van der Waals surface area contributed by atoms with Gasteiger partial charge >= 0.3 is 5.97 Å². The van der Waals surface area contributed by atoms with E-state index in [1.54, 1.807) is 27.7 Å². The van der Waals surface area contributed by atoms with Crippen molar-refractivity contribution >= 4 is 5.97 Å². The minimum Gasteiger partial charge on any atom is -0.481 e. The first-order chi connectivity index (χ1) is 10.8. The highest BCUT2D eigenvalue weighted by atomic mass is 16.5. The Kier molecular flexibility index (Phi) is 17.0. The van der Waals surface area contributed by atoms with Gasteiger partial charge in [0.05, 0.1) is 50.7 Å². The molecule has 2 unspecified atom stereocenters. The van der Waals surface area contributed by atoms with E-state index in [2.05, 4.69) is 0 Å². The number of rotatable bonds is 8. The second-order valence-corrected chi connectivity index (χ2v) is 7.00. The van der Waals surface area contributed by atoms with Gasteiger partial charge in [-0.2, -0.15) is 0 Å². The van der Waals surface area contributed by atoms with Crippen molar-refractivity contribution in [2.45, 2.75) is 53.8 Å². The Labute approximate surface area is 144 Å². The molecule has 24 heavy (non-hydrogen) atoms. The Morgan fingerprint density at radius 3 is 1.50 bits per heavy atom. The van der Waals surface area contributed by atoms with E-state index in [4.69, 9.17) is 35.4 Å². The van der Waals surface area contributed by atoms with E-state index in [-0.39, 0.29) is 37.9 Å². The molecule has 2 atom stereocenters. The molecule has 0 rings (SSSR count). The molecule has 0 spiro atoms. The highest BCUT2D eigenvalue weighted by Crippen LogP contribution is 2.12. The number of ether oxygens (including phenoxy) is 1. The average molecular weight is 356 g/mol. The van der Waals surface area contributed by atoms with Crippen molar-refractivity contribution in [1.82, 2.24) is 0 Å². The number of aliphatic hydroxyl groups is 5. The summed E-state index contributed by atoms with van der Waals surface area (Å²) >= 11 is 0. The van der Waals surface area contributed by atoms with Gasteiger partial charge in [-0.25, -0.2) is 0 Å². The van der Waals surface area contributed by atoms with Gasteiger partial charge in [0.15, 0.2) is 0 Å². The Morgan fingerprint density at radius 1 is 0.958 bits per heavy atom. The molecule has 0 aliphatic rings. The van der Waals surface area contributed by atoms with Crippen molar-refractivity contribution in [2.24, 2.45) is 10.8 Å². The van der Waals surface area contributed by atoms with Gasteiger partial charge in [0.25, 0.3) is 0 Å². The van der Waals surface area contributed by atoms with Crippen LogP contribution in [0.3, 0.4) is 0 Å². The molecule has 0 amide bonds. The fourth-order valence-electron chi connectivity index (χ4n) is 0.474. The molecule has 8 nitrogen and oxygen atoms in total. The van der Waals surface area contributed by atoms with Crippen molar-refractivity contribution in [3.05, 3.63) is 0 Å². The zero-order valence-electron chi connectivity index (χ0n) is 15.7. The van der Waals surface area contributed by atoms with Gasteiger partial charge in [-0.1, -0.05) is 13.8 Å². The summed E-state index contributed by atoms with van der Waals surface area (Å²) in [6.07, 6.45) is -0.612. The molecule has 6 N–H and O–H groups in total. The third-order valence-corrected chi connectivity index (χ3v) is 2.71. The maximum absolute atomic E-state index is 10.1. The van der Waals surface area contributed by atoms with Crippen LogP contribution in [0.15, 0.2) is 0 Å². The smallest absolute Gasteiger partial charge is 0.311 e. The lowest BCUT2D eigenvalue weighted by atomic mass is 9.96. The molecule has 0 radical (unpaired) electrons. The minimum absolute atomic E-state index is 0.00667. The quantitative estimate of drug-likeness (QED) is 0.352. The molecule has 0 aliphatic carbocycles. The Bertz CT molecular complexity index is 296. The summed E-state index contributed by atoms with van der Waals surface area (Å²) < 4.78 is 4.95. The lowest BCUT2D eigenvalue weighted by molar-refractivity contribution is -0.148. The number of hydrogen-bond acceptors (Lipinski definition) is 7. The van der Waals surface area contributed by atoms with Gasteiger partial charge in [-0.05, 0) is 27.7 Å². The van der Waals surface area contributed by atoms with E-state index in [1.807, 2.05) is 0 Å². The Hall–Kier alpha value is -0.770. The van der Waals surface area contributed by atoms with Crippen molar-refractivity contribution in [3.63, 3.8) is 0 Å². The molecule has 148 valence electrons. The largest absolute Gasteiger partial charge is 0.481 e. The fraction of sp³-hybridized carbons (Fsp3) is 0.938. The number of aliphatic carboxylic acids is 1. The molecule has 0 fully saturated rings. The van der Waals surface area contributed by atoms with Crippen LogP contribution in [0, 0.1) is 10.8 Å². The van der Waals surface area contributed by atoms with Crippen LogP contribution in [-0.2, 0) is 9.53 Å². The summed E-state index contributed by atoms with van der Waals surface area (Å²) in [5.41, 5.74) is -1.29. The van der Waals surface area contributed by atoms with Crippen LogP contribution in [0.4, 0.5) is 0 Å². The summed E-state index contributed by atoms with van der Waals surface area (Å²) in [4.78, 5) is 10.1. The predicted molar refractivity (Wildman–Crippen MR) is 90.6 cm³/mol. The van der Waals surface area contributed by atoms with E-state index in [0.717, 1.165) is 0 Å². The van der Waals surface area contributed by atoms with Crippen LogP contribution in [-0.4, -0.2) is 81.9 Å². The molecule has 0 bridgehead atoms. The molecular weight excluding hydrogens is 320 g/mol. The Balaban J connectivity index is -0.000000278. The summed E-state index contributed by atoms with van der Waals surface area (Å²) in [6, 6.07) is 0. The van der Waals surface area contributed by atoms with Crippen LogP contribution in [0.1, 0.15) is 41.5 Å². The highest BCUT2D eigenvalue weighted by Gasteiger charge is 2.25. The van der Waals surface area contributed by atoms with Gasteiger partial charge in [-0.3, -0.25) is 4.79 Å². The van der Waals surface area contributed by atoms with Crippen molar-refractivity contribution in [1.29, 1.82) is 0 Å². The van der Waals surface area contributed by atoms with E-state index in [0.29, 0.717) is 6.61 Å². The lowest BCUT2D eigenvalue weighted by Gasteiger charge is -2.16. The van der Waals surface area contributed by atoms with E-state index >= 15 is 0 Å². The monoisotopic (exact) mass is 356 g/mol. The molecule has 0 saturated carbocycles. The molecule has 0 aromatic carbocycles. The molecular formula is C16H36O8. The summed E-state index contributed by atoms with van der Waals surface area (Å²) in [5.74, 6) is -0.972. The third kappa shape index (κ3) is 19.3. The van der Waals surface area contributed by atoms with Crippen molar-refractivity contribution in [3.8, 4) is 0 Å². The number of aliphatic hydroxyl groups excluding tert-OH is 5. The van der Waals surface area contributed by atoms with Crippen LogP contribution in [0.5, 0.6) is 0 Å². The molecule has 0 aromatic rings. The number of hydrogen-bond donors (Lipinski definition) is 6. The van der Waals surface area contributed by atoms with Crippen LogP contribution < -0.4 is 0 Å². The summed E-state index contributed by atoms with van der Waals surface area (Å²) in [6.45, 7) is 10.0. The van der Waals surface area contributed by atoms with Gasteiger partial charge in [0.1, 0.15) is 0 Å². The second kappa shape index (κ2) is 14.6. The number of carbonyl (C=O) groups is 1.